The zero-order valence-corrected chi connectivity index (χ0v) is 16.1. The van der Waals surface area contributed by atoms with Crippen LogP contribution >= 0.6 is 0 Å². The van der Waals surface area contributed by atoms with Crippen molar-refractivity contribution in [1.82, 2.24) is 19.5 Å². The van der Waals surface area contributed by atoms with Crippen LogP contribution in [0.4, 0.5) is 4.39 Å². The van der Waals surface area contributed by atoms with Crippen molar-refractivity contribution >= 4 is 11.0 Å². The molecule has 29 heavy (non-hydrogen) atoms. The van der Waals surface area contributed by atoms with Crippen LogP contribution in [0.3, 0.4) is 0 Å². The van der Waals surface area contributed by atoms with Crippen LogP contribution in [-0.4, -0.2) is 19.5 Å². The molecule has 4 rings (SSSR count). The second-order valence-electron chi connectivity index (χ2n) is 7.11. The van der Waals surface area contributed by atoms with Crippen molar-refractivity contribution in [2.75, 3.05) is 0 Å². The number of aromatic nitrogens is 4. The predicted octanol–water partition coefficient (Wildman–Crippen LogP) is 3.31. The number of aromatic amines is 1. The molecule has 2 aliphatic heterocycles. The molecule has 0 unspecified atom stereocenters. The molecule has 1 N–H and O–H groups in total. The maximum absolute atomic E-state index is 13.1. The third kappa shape index (κ3) is 3.94. The number of nitrogens with one attached hydrogen (secondary N) is 1. The summed E-state index contributed by atoms with van der Waals surface area (Å²) in [6.45, 7) is 2.66. The Kier molecular flexibility index (Phi) is 5.20. The lowest BCUT2D eigenvalue weighted by Gasteiger charge is -2.17. The summed E-state index contributed by atoms with van der Waals surface area (Å²) < 4.78 is 15.0. The van der Waals surface area contributed by atoms with Crippen molar-refractivity contribution < 1.29 is 4.39 Å². The van der Waals surface area contributed by atoms with E-state index < -0.39 is 11.2 Å². The first-order valence-electron chi connectivity index (χ1n) is 9.73. The van der Waals surface area contributed by atoms with E-state index >= 15 is 0 Å². The highest BCUT2D eigenvalue weighted by Gasteiger charge is 2.18. The molecule has 2 aromatic carbocycles. The molecule has 0 saturated heterocycles. The Morgan fingerprint density at radius 1 is 1.00 bits per heavy atom. The zero-order chi connectivity index (χ0) is 20.4. The molecule has 7 heteroatoms. The summed E-state index contributed by atoms with van der Waals surface area (Å²) in [5.74, 6) is 0.0251. The summed E-state index contributed by atoms with van der Waals surface area (Å²) in [7, 11) is 0. The number of halogens is 1. The van der Waals surface area contributed by atoms with Crippen LogP contribution in [0.5, 0.6) is 0 Å². The van der Waals surface area contributed by atoms with Crippen LogP contribution in [0, 0.1) is 5.82 Å². The number of nitrogens with zero attached hydrogens (tertiary/aromatic N) is 3. The van der Waals surface area contributed by atoms with Gasteiger partial charge in [-0.15, -0.1) is 0 Å². The minimum atomic E-state index is -0.682. The number of rotatable bonds is 6. The van der Waals surface area contributed by atoms with Crippen LogP contribution in [0.15, 0.2) is 52.1 Å². The zero-order valence-electron chi connectivity index (χ0n) is 16.1. The molecule has 2 heterocycles. The average Bonchev–Trinajstić information content (AvgIpc) is 2.70. The van der Waals surface area contributed by atoms with Crippen LogP contribution in [-0.2, 0) is 19.4 Å². The van der Waals surface area contributed by atoms with Gasteiger partial charge in [0, 0.05) is 6.54 Å². The van der Waals surface area contributed by atoms with Gasteiger partial charge in [-0.1, -0.05) is 31.5 Å². The molecular weight excluding hydrogens is 371 g/mol. The Balaban J connectivity index is 1.76. The first kappa shape index (κ1) is 19.0. The topological polar surface area (TPSA) is 80.6 Å². The highest BCUT2D eigenvalue weighted by atomic mass is 19.1. The van der Waals surface area contributed by atoms with Gasteiger partial charge >= 0.3 is 5.69 Å². The fourth-order valence-electron chi connectivity index (χ4n) is 3.61. The average molecular weight is 392 g/mol. The Morgan fingerprint density at radius 3 is 2.52 bits per heavy atom. The number of benzene rings is 2. The summed E-state index contributed by atoms with van der Waals surface area (Å²) >= 11 is 0. The first-order valence-corrected chi connectivity index (χ1v) is 9.73. The van der Waals surface area contributed by atoms with Gasteiger partial charge in [0.1, 0.15) is 5.82 Å². The Morgan fingerprint density at radius 2 is 1.76 bits per heavy atom. The molecule has 6 nitrogen and oxygen atoms in total. The number of hydrogen-bond donors (Lipinski definition) is 1. The third-order valence-corrected chi connectivity index (χ3v) is 4.97. The van der Waals surface area contributed by atoms with E-state index in [0.717, 1.165) is 42.3 Å². The van der Waals surface area contributed by atoms with E-state index in [-0.39, 0.29) is 17.3 Å². The van der Waals surface area contributed by atoms with Gasteiger partial charge in [0.05, 0.1) is 11.0 Å². The fraction of sp³-hybridized carbons (Fsp3) is 0.273. The summed E-state index contributed by atoms with van der Waals surface area (Å²) in [5.41, 5.74) is 2.65. The summed E-state index contributed by atoms with van der Waals surface area (Å²) in [6.07, 6.45) is 3.41. The second kappa shape index (κ2) is 7.95. The van der Waals surface area contributed by atoms with Gasteiger partial charge in [-0.2, -0.15) is 4.98 Å². The predicted molar refractivity (Wildman–Crippen MR) is 110 cm³/mol. The number of H-pyrrole nitrogens is 1. The molecule has 2 aromatic rings. The lowest BCUT2D eigenvalue weighted by molar-refractivity contribution is 0.624. The van der Waals surface area contributed by atoms with Crippen molar-refractivity contribution in [3.63, 3.8) is 0 Å². The van der Waals surface area contributed by atoms with E-state index in [1.807, 2.05) is 22.8 Å². The Hall–Kier alpha value is -3.35. The van der Waals surface area contributed by atoms with Crippen molar-refractivity contribution in [2.45, 2.75) is 39.2 Å². The maximum Gasteiger partial charge on any atom is 0.349 e. The highest BCUT2D eigenvalue weighted by Crippen LogP contribution is 2.23. The second-order valence-corrected chi connectivity index (χ2v) is 7.11. The summed E-state index contributed by atoms with van der Waals surface area (Å²) in [5, 5.41) is 0. The van der Waals surface area contributed by atoms with E-state index in [1.165, 1.54) is 12.1 Å². The van der Waals surface area contributed by atoms with Crippen molar-refractivity contribution in [2.24, 2.45) is 0 Å². The molecule has 0 spiro atoms. The standard InChI is InChI=1S/C22H21FN4O2/c1-2-4-15-8-11-18-17(13-15)24-19-20(25-22(29)26-21(19)28)27(18)12-3-5-14-6-9-16(23)10-7-14/h6-11,13H,2-5,12H2,1H3,(H,26,28,29). The normalized spacial score (nSPS) is 11.4. The molecule has 2 aliphatic rings. The third-order valence-electron chi connectivity index (χ3n) is 4.97. The molecule has 0 aliphatic carbocycles. The van der Waals surface area contributed by atoms with Gasteiger partial charge in [-0.05, 0) is 54.7 Å². The van der Waals surface area contributed by atoms with E-state index in [4.69, 9.17) is 0 Å². The maximum atomic E-state index is 13.1. The van der Waals surface area contributed by atoms with Gasteiger partial charge in [0.2, 0.25) is 0 Å². The van der Waals surface area contributed by atoms with E-state index in [2.05, 4.69) is 21.9 Å². The minimum Gasteiger partial charge on any atom is -0.322 e. The van der Waals surface area contributed by atoms with Gasteiger partial charge in [-0.3, -0.25) is 9.78 Å². The molecular formula is C22H21FN4O2. The highest BCUT2D eigenvalue weighted by molar-refractivity contribution is 5.80. The van der Waals surface area contributed by atoms with Crippen LogP contribution in [0.25, 0.3) is 22.6 Å². The lowest BCUT2D eigenvalue weighted by atomic mass is 10.1. The summed E-state index contributed by atoms with van der Waals surface area (Å²) in [6, 6.07) is 12.4. The molecule has 0 saturated carbocycles. The number of fused-ring (bicyclic) bond motifs is 2. The van der Waals surface area contributed by atoms with E-state index in [9.17, 15) is 14.0 Å². The van der Waals surface area contributed by atoms with Crippen molar-refractivity contribution in [3.8, 4) is 11.5 Å². The van der Waals surface area contributed by atoms with Crippen molar-refractivity contribution in [3.05, 3.63) is 80.2 Å². The summed E-state index contributed by atoms with van der Waals surface area (Å²) in [4.78, 5) is 34.9. The number of hydrogen-bond acceptors (Lipinski definition) is 4. The quantitative estimate of drug-likeness (QED) is 0.511. The van der Waals surface area contributed by atoms with Crippen molar-refractivity contribution in [1.29, 1.82) is 0 Å². The molecule has 0 radical (unpaired) electrons. The van der Waals surface area contributed by atoms with Crippen LogP contribution in [0.1, 0.15) is 30.9 Å². The molecule has 0 bridgehead atoms. The lowest BCUT2D eigenvalue weighted by Crippen LogP contribution is -2.29. The van der Waals surface area contributed by atoms with Crippen LogP contribution in [0.2, 0.25) is 0 Å². The van der Waals surface area contributed by atoms with Gasteiger partial charge < -0.3 is 4.57 Å². The Bertz CT molecular complexity index is 1240. The van der Waals surface area contributed by atoms with Gasteiger partial charge in [0.15, 0.2) is 11.5 Å². The van der Waals surface area contributed by atoms with Crippen LogP contribution < -0.4 is 11.2 Å². The fourth-order valence-corrected chi connectivity index (χ4v) is 3.61. The van der Waals surface area contributed by atoms with Gasteiger partial charge in [-0.25, -0.2) is 14.2 Å². The molecule has 0 fully saturated rings. The SMILES string of the molecule is CCCc1ccc2c(c1)nc1c(=O)[nH]c(=O)nc-1n2CCCc1ccc(F)cc1. The monoisotopic (exact) mass is 392 g/mol. The minimum absolute atomic E-state index is 0.160. The molecule has 0 atom stereocenters. The van der Waals surface area contributed by atoms with E-state index in [1.54, 1.807) is 12.1 Å². The first-order chi connectivity index (χ1) is 14.0. The molecule has 0 amide bonds. The van der Waals surface area contributed by atoms with Gasteiger partial charge in [0.25, 0.3) is 5.56 Å². The molecule has 0 aromatic heterocycles. The largest absolute Gasteiger partial charge is 0.349 e. The smallest absolute Gasteiger partial charge is 0.322 e. The number of aryl methyl sites for hydroxylation is 3. The Labute approximate surface area is 166 Å². The molecule has 148 valence electrons. The van der Waals surface area contributed by atoms with E-state index in [0.29, 0.717) is 12.1 Å².